The topological polar surface area (TPSA) is 35.2 Å². The molecule has 1 aliphatic rings. The molecule has 2 N–H and O–H groups in total. The van der Waals surface area contributed by atoms with E-state index >= 15 is 0 Å². The standard InChI is InChI=1S/C15H23NO/c1-2-11-17-14-10-6-5-9-13(14)15(16)12-7-3-4-8-12/h5-6,9-10,12,15H,2-4,7-8,11,16H2,1H3. The summed E-state index contributed by atoms with van der Waals surface area (Å²) in [6, 6.07) is 8.39. The van der Waals surface area contributed by atoms with Crippen molar-refractivity contribution in [2.24, 2.45) is 11.7 Å². The summed E-state index contributed by atoms with van der Waals surface area (Å²) in [6.45, 7) is 2.90. The third-order valence-corrected chi connectivity index (χ3v) is 3.65. The summed E-state index contributed by atoms with van der Waals surface area (Å²) in [5.74, 6) is 1.62. The van der Waals surface area contributed by atoms with Crippen LogP contribution in [0.15, 0.2) is 24.3 Å². The smallest absolute Gasteiger partial charge is 0.124 e. The van der Waals surface area contributed by atoms with Gasteiger partial charge in [0.05, 0.1) is 6.61 Å². The van der Waals surface area contributed by atoms with Crippen LogP contribution in [-0.4, -0.2) is 6.61 Å². The molecule has 17 heavy (non-hydrogen) atoms. The van der Waals surface area contributed by atoms with Crippen molar-refractivity contribution in [1.82, 2.24) is 0 Å². The number of para-hydroxylation sites is 1. The lowest BCUT2D eigenvalue weighted by Crippen LogP contribution is -2.20. The van der Waals surface area contributed by atoms with Crippen molar-refractivity contribution >= 4 is 0 Å². The predicted molar refractivity (Wildman–Crippen MR) is 71.1 cm³/mol. The summed E-state index contributed by atoms with van der Waals surface area (Å²) in [4.78, 5) is 0. The van der Waals surface area contributed by atoms with E-state index in [2.05, 4.69) is 19.1 Å². The second kappa shape index (κ2) is 6.06. The fourth-order valence-corrected chi connectivity index (χ4v) is 2.67. The van der Waals surface area contributed by atoms with E-state index in [-0.39, 0.29) is 6.04 Å². The molecule has 0 radical (unpaired) electrons. The highest BCUT2D eigenvalue weighted by Crippen LogP contribution is 2.37. The molecule has 94 valence electrons. The van der Waals surface area contributed by atoms with Crippen molar-refractivity contribution in [3.8, 4) is 5.75 Å². The Balaban J connectivity index is 2.12. The van der Waals surface area contributed by atoms with Gasteiger partial charge in [0.25, 0.3) is 0 Å². The minimum Gasteiger partial charge on any atom is -0.493 e. The van der Waals surface area contributed by atoms with E-state index in [4.69, 9.17) is 10.5 Å². The van der Waals surface area contributed by atoms with E-state index < -0.39 is 0 Å². The molecule has 1 aromatic rings. The van der Waals surface area contributed by atoms with Gasteiger partial charge in [0.2, 0.25) is 0 Å². The van der Waals surface area contributed by atoms with E-state index in [0.29, 0.717) is 5.92 Å². The highest BCUT2D eigenvalue weighted by Gasteiger charge is 2.25. The number of nitrogens with two attached hydrogens (primary N) is 1. The fourth-order valence-electron chi connectivity index (χ4n) is 2.67. The van der Waals surface area contributed by atoms with Gasteiger partial charge in [-0.05, 0) is 31.2 Å². The summed E-state index contributed by atoms with van der Waals surface area (Å²) < 4.78 is 5.79. The Morgan fingerprint density at radius 2 is 2.00 bits per heavy atom. The van der Waals surface area contributed by atoms with Gasteiger partial charge in [-0.2, -0.15) is 0 Å². The van der Waals surface area contributed by atoms with Crippen LogP contribution in [0.25, 0.3) is 0 Å². The van der Waals surface area contributed by atoms with Crippen LogP contribution in [-0.2, 0) is 0 Å². The van der Waals surface area contributed by atoms with E-state index in [1.54, 1.807) is 0 Å². The van der Waals surface area contributed by atoms with Gasteiger partial charge in [-0.3, -0.25) is 0 Å². The van der Waals surface area contributed by atoms with Crippen LogP contribution in [0.4, 0.5) is 0 Å². The van der Waals surface area contributed by atoms with Gasteiger partial charge in [-0.15, -0.1) is 0 Å². The number of hydrogen-bond acceptors (Lipinski definition) is 2. The largest absolute Gasteiger partial charge is 0.493 e. The number of benzene rings is 1. The summed E-state index contributed by atoms with van der Waals surface area (Å²) in [5, 5.41) is 0. The molecule has 1 aromatic carbocycles. The summed E-state index contributed by atoms with van der Waals surface area (Å²) in [7, 11) is 0. The van der Waals surface area contributed by atoms with Crippen molar-refractivity contribution < 1.29 is 4.74 Å². The maximum atomic E-state index is 6.39. The van der Waals surface area contributed by atoms with Crippen LogP contribution in [0.3, 0.4) is 0 Å². The fraction of sp³-hybridized carbons (Fsp3) is 0.600. The van der Waals surface area contributed by atoms with Crippen molar-refractivity contribution in [2.75, 3.05) is 6.61 Å². The Bertz CT molecular complexity index is 345. The molecule has 0 aromatic heterocycles. The Morgan fingerprint density at radius 1 is 1.29 bits per heavy atom. The lowest BCUT2D eigenvalue weighted by atomic mass is 9.92. The van der Waals surface area contributed by atoms with Gasteiger partial charge in [-0.25, -0.2) is 0 Å². The lowest BCUT2D eigenvalue weighted by molar-refractivity contribution is 0.307. The normalized spacial score (nSPS) is 18.2. The first-order chi connectivity index (χ1) is 8.33. The average Bonchev–Trinajstić information content (AvgIpc) is 2.89. The Hall–Kier alpha value is -1.02. The zero-order valence-corrected chi connectivity index (χ0v) is 10.7. The number of ether oxygens (including phenoxy) is 1. The maximum absolute atomic E-state index is 6.39. The first-order valence-corrected chi connectivity index (χ1v) is 6.80. The second-order valence-corrected chi connectivity index (χ2v) is 4.96. The van der Waals surface area contributed by atoms with Crippen LogP contribution >= 0.6 is 0 Å². The van der Waals surface area contributed by atoms with Crippen molar-refractivity contribution in [1.29, 1.82) is 0 Å². The molecule has 2 nitrogen and oxygen atoms in total. The maximum Gasteiger partial charge on any atom is 0.124 e. The SMILES string of the molecule is CCCOc1ccccc1C(N)C1CCCC1. The summed E-state index contributed by atoms with van der Waals surface area (Å²) in [6.07, 6.45) is 6.23. The second-order valence-electron chi connectivity index (χ2n) is 4.96. The molecule has 0 aliphatic heterocycles. The van der Waals surface area contributed by atoms with E-state index in [9.17, 15) is 0 Å². The number of rotatable bonds is 5. The molecular weight excluding hydrogens is 210 g/mol. The Morgan fingerprint density at radius 3 is 2.71 bits per heavy atom. The molecule has 1 saturated carbocycles. The van der Waals surface area contributed by atoms with Crippen molar-refractivity contribution in [3.63, 3.8) is 0 Å². The molecule has 0 spiro atoms. The molecule has 1 aliphatic carbocycles. The molecule has 2 heteroatoms. The zero-order valence-electron chi connectivity index (χ0n) is 10.7. The lowest BCUT2D eigenvalue weighted by Gasteiger charge is -2.22. The van der Waals surface area contributed by atoms with E-state index in [0.717, 1.165) is 18.8 Å². The van der Waals surface area contributed by atoms with E-state index in [1.165, 1.54) is 31.2 Å². The molecule has 0 heterocycles. The molecule has 0 amide bonds. The molecular formula is C15H23NO. The highest BCUT2D eigenvalue weighted by molar-refractivity contribution is 5.36. The van der Waals surface area contributed by atoms with Crippen LogP contribution in [0.5, 0.6) is 5.75 Å². The van der Waals surface area contributed by atoms with Crippen LogP contribution in [0.1, 0.15) is 50.6 Å². The van der Waals surface area contributed by atoms with Gasteiger partial charge >= 0.3 is 0 Å². The first kappa shape index (κ1) is 12.4. The third-order valence-electron chi connectivity index (χ3n) is 3.65. The molecule has 0 bridgehead atoms. The highest BCUT2D eigenvalue weighted by atomic mass is 16.5. The first-order valence-electron chi connectivity index (χ1n) is 6.80. The van der Waals surface area contributed by atoms with Gasteiger partial charge in [-0.1, -0.05) is 38.0 Å². The molecule has 1 unspecified atom stereocenters. The van der Waals surface area contributed by atoms with Crippen LogP contribution < -0.4 is 10.5 Å². The molecule has 1 fully saturated rings. The van der Waals surface area contributed by atoms with Gasteiger partial charge < -0.3 is 10.5 Å². The van der Waals surface area contributed by atoms with Crippen molar-refractivity contribution in [3.05, 3.63) is 29.8 Å². The van der Waals surface area contributed by atoms with Crippen LogP contribution in [0.2, 0.25) is 0 Å². The number of hydrogen-bond donors (Lipinski definition) is 1. The third kappa shape index (κ3) is 3.01. The minimum absolute atomic E-state index is 0.144. The molecule has 2 rings (SSSR count). The van der Waals surface area contributed by atoms with Crippen molar-refractivity contribution in [2.45, 2.75) is 45.1 Å². The zero-order chi connectivity index (χ0) is 12.1. The molecule has 0 saturated heterocycles. The molecule has 1 atom stereocenters. The predicted octanol–water partition coefficient (Wildman–Crippen LogP) is 3.67. The average molecular weight is 233 g/mol. The van der Waals surface area contributed by atoms with Crippen LogP contribution in [0, 0.1) is 5.92 Å². The Kier molecular flexibility index (Phi) is 4.43. The van der Waals surface area contributed by atoms with Gasteiger partial charge in [0.15, 0.2) is 0 Å². The summed E-state index contributed by atoms with van der Waals surface area (Å²) in [5.41, 5.74) is 7.58. The summed E-state index contributed by atoms with van der Waals surface area (Å²) >= 11 is 0. The van der Waals surface area contributed by atoms with Gasteiger partial charge in [0.1, 0.15) is 5.75 Å². The monoisotopic (exact) mass is 233 g/mol. The Labute approximate surface area is 104 Å². The minimum atomic E-state index is 0.144. The van der Waals surface area contributed by atoms with Gasteiger partial charge in [0, 0.05) is 11.6 Å². The quantitative estimate of drug-likeness (QED) is 0.842. The van der Waals surface area contributed by atoms with E-state index in [1.807, 2.05) is 12.1 Å².